The number of halogens is 3. The van der Waals surface area contributed by atoms with Gasteiger partial charge in [0.1, 0.15) is 0 Å². The fourth-order valence-corrected chi connectivity index (χ4v) is 5.53. The Kier molecular flexibility index (Phi) is 5.36. The largest absolute Gasteiger partial charge is 0.504 e. The molecule has 0 heterocycles. The predicted octanol–water partition coefficient (Wildman–Crippen LogP) is 6.93. The van der Waals surface area contributed by atoms with Gasteiger partial charge in [-0.05, 0) is 33.2 Å². The molecule has 6 aromatic rings. The van der Waals surface area contributed by atoms with E-state index in [9.17, 15) is 48.9 Å². The molecule has 0 bridgehead atoms. The highest BCUT2D eigenvalue weighted by Gasteiger charge is 2.42. The minimum absolute atomic E-state index is 0.0832. The van der Waals surface area contributed by atoms with Crippen molar-refractivity contribution in [2.24, 2.45) is 0 Å². The highest BCUT2D eigenvalue weighted by molar-refractivity contribution is 6.24. The number of rotatable bonds is 2. The summed E-state index contributed by atoms with van der Waals surface area (Å²) in [5, 5.41) is 73.8. The van der Waals surface area contributed by atoms with E-state index in [2.05, 4.69) is 0 Å². The number of alkyl halides is 3. The molecule has 6 rings (SSSR count). The summed E-state index contributed by atoms with van der Waals surface area (Å²) in [5.41, 5.74) is -2.00. The van der Waals surface area contributed by atoms with E-state index in [1.807, 2.05) is 30.3 Å². The fraction of sp³-hybridized carbons (Fsp3) is 0.0667. The second-order valence-corrected chi connectivity index (χ2v) is 9.44. The first-order chi connectivity index (χ1) is 19.4. The number of phenols is 7. The molecule has 0 amide bonds. The Morgan fingerprint density at radius 1 is 0.561 bits per heavy atom. The van der Waals surface area contributed by atoms with Crippen LogP contribution in [0.5, 0.6) is 46.0 Å². The number of methoxy groups -OCH3 is 1. The molecule has 41 heavy (non-hydrogen) atoms. The Balaban J connectivity index is 1.99. The normalized spacial score (nSPS) is 12.1. The minimum atomic E-state index is -5.36. The van der Waals surface area contributed by atoms with Crippen molar-refractivity contribution in [1.82, 2.24) is 0 Å². The van der Waals surface area contributed by atoms with Crippen molar-refractivity contribution in [3.8, 4) is 57.1 Å². The average molecular weight is 564 g/mol. The van der Waals surface area contributed by atoms with Crippen LogP contribution in [0.4, 0.5) is 13.2 Å². The van der Waals surface area contributed by atoms with Crippen molar-refractivity contribution >= 4 is 43.1 Å². The van der Waals surface area contributed by atoms with Crippen LogP contribution in [0.15, 0.2) is 54.6 Å². The van der Waals surface area contributed by atoms with Crippen molar-refractivity contribution in [1.29, 1.82) is 0 Å². The molecule has 7 N–H and O–H groups in total. The Morgan fingerprint density at radius 2 is 1.07 bits per heavy atom. The Labute approximate surface area is 227 Å². The van der Waals surface area contributed by atoms with Crippen LogP contribution >= 0.6 is 0 Å². The second kappa shape index (κ2) is 8.52. The SMILES string of the molecule is COc1c(O)c(O)c(O)c2c(-c3ccc4ccc5ccccc5c4c3)c3c(O)c(O)c(O)c(O)c3c(C(F)(F)F)c12. The topological polar surface area (TPSA) is 151 Å². The summed E-state index contributed by atoms with van der Waals surface area (Å²) < 4.78 is 49.4. The summed E-state index contributed by atoms with van der Waals surface area (Å²) in [5.74, 6) is -9.92. The van der Waals surface area contributed by atoms with E-state index in [1.165, 1.54) is 6.07 Å². The lowest BCUT2D eigenvalue weighted by Gasteiger charge is -2.24. The van der Waals surface area contributed by atoms with Crippen LogP contribution < -0.4 is 4.74 Å². The van der Waals surface area contributed by atoms with Crippen molar-refractivity contribution in [2.75, 3.05) is 7.11 Å². The lowest BCUT2D eigenvalue weighted by Crippen LogP contribution is -2.09. The third-order valence-electron chi connectivity index (χ3n) is 7.30. The number of ether oxygens (including phenoxy) is 1. The summed E-state index contributed by atoms with van der Waals surface area (Å²) in [6.07, 6.45) is -5.36. The zero-order valence-corrected chi connectivity index (χ0v) is 20.9. The Bertz CT molecular complexity index is 2100. The number of benzene rings is 6. The van der Waals surface area contributed by atoms with E-state index >= 15 is 0 Å². The molecule has 0 aliphatic carbocycles. The number of hydrogen-bond acceptors (Lipinski definition) is 8. The van der Waals surface area contributed by atoms with Crippen LogP contribution in [-0.4, -0.2) is 42.9 Å². The van der Waals surface area contributed by atoms with Crippen molar-refractivity contribution in [3.05, 3.63) is 60.2 Å². The molecule has 11 heteroatoms. The van der Waals surface area contributed by atoms with Crippen molar-refractivity contribution < 1.29 is 53.7 Å². The monoisotopic (exact) mass is 564 g/mol. The van der Waals surface area contributed by atoms with Gasteiger partial charge in [0.05, 0.1) is 12.7 Å². The minimum Gasteiger partial charge on any atom is -0.504 e. The smallest absolute Gasteiger partial charge is 0.417 e. The predicted molar refractivity (Wildman–Crippen MR) is 145 cm³/mol. The molecule has 208 valence electrons. The van der Waals surface area contributed by atoms with Crippen molar-refractivity contribution in [2.45, 2.75) is 6.18 Å². The van der Waals surface area contributed by atoms with Gasteiger partial charge in [0.2, 0.25) is 23.0 Å². The maximum Gasteiger partial charge on any atom is 0.417 e. The first-order valence-electron chi connectivity index (χ1n) is 12.0. The van der Waals surface area contributed by atoms with Gasteiger partial charge >= 0.3 is 6.18 Å². The van der Waals surface area contributed by atoms with Gasteiger partial charge in [0.25, 0.3) is 0 Å². The van der Waals surface area contributed by atoms with Gasteiger partial charge in [0, 0.05) is 27.1 Å². The highest BCUT2D eigenvalue weighted by Crippen LogP contribution is 2.62. The molecule has 6 aromatic carbocycles. The summed E-state index contributed by atoms with van der Waals surface area (Å²) in [7, 11) is 0.919. The molecular weight excluding hydrogens is 545 g/mol. The second-order valence-electron chi connectivity index (χ2n) is 9.44. The van der Waals surface area contributed by atoms with Crippen LogP contribution in [-0.2, 0) is 6.18 Å². The highest BCUT2D eigenvalue weighted by atomic mass is 19.4. The first-order valence-corrected chi connectivity index (χ1v) is 12.0. The zero-order chi connectivity index (χ0) is 29.5. The number of fused-ring (bicyclic) bond motifs is 5. The van der Waals surface area contributed by atoms with E-state index < -0.39 is 79.3 Å². The molecule has 0 aliphatic heterocycles. The van der Waals surface area contributed by atoms with Crippen LogP contribution in [0.2, 0.25) is 0 Å². The third kappa shape index (κ3) is 3.41. The number of aromatic hydroxyl groups is 7. The molecular formula is C30H19F3O8. The van der Waals surface area contributed by atoms with Gasteiger partial charge in [0.15, 0.2) is 23.0 Å². The lowest BCUT2D eigenvalue weighted by molar-refractivity contribution is -0.135. The molecule has 0 radical (unpaired) electrons. The van der Waals surface area contributed by atoms with Gasteiger partial charge < -0.3 is 40.5 Å². The van der Waals surface area contributed by atoms with Crippen LogP contribution in [0.1, 0.15) is 5.56 Å². The molecule has 0 saturated carbocycles. The molecule has 0 aromatic heterocycles. The quantitative estimate of drug-likeness (QED) is 0.0518. The van der Waals surface area contributed by atoms with E-state index in [0.717, 1.165) is 23.3 Å². The molecule has 0 unspecified atom stereocenters. The van der Waals surface area contributed by atoms with Gasteiger partial charge in [-0.1, -0.05) is 48.5 Å². The number of hydrogen-bond donors (Lipinski definition) is 7. The Morgan fingerprint density at radius 3 is 1.68 bits per heavy atom. The maximum atomic E-state index is 14.8. The summed E-state index contributed by atoms with van der Waals surface area (Å²) in [6.45, 7) is 0. The third-order valence-corrected chi connectivity index (χ3v) is 7.30. The fourth-order valence-electron chi connectivity index (χ4n) is 5.53. The van der Waals surface area contributed by atoms with Crippen molar-refractivity contribution in [3.63, 3.8) is 0 Å². The molecule has 0 fully saturated rings. The van der Waals surface area contributed by atoms with E-state index in [0.29, 0.717) is 5.39 Å². The summed E-state index contributed by atoms with van der Waals surface area (Å²) in [4.78, 5) is 0. The summed E-state index contributed by atoms with van der Waals surface area (Å²) >= 11 is 0. The zero-order valence-electron chi connectivity index (χ0n) is 20.9. The standard InChI is InChI=1S/C30H19F3O8/c1-41-29-20-18(23(35)27(39)28(29)40)16(13-9-8-12-7-6-11-4-2-3-5-14(11)15(12)10-13)17-19(21(20)30(31,32)33)24(36)26(38)25(37)22(17)34/h2-10,34-40H,1H3. The van der Waals surface area contributed by atoms with Gasteiger partial charge in [-0.3, -0.25) is 0 Å². The molecule has 0 saturated heterocycles. The lowest BCUT2D eigenvalue weighted by atomic mass is 9.84. The van der Waals surface area contributed by atoms with E-state index in [1.54, 1.807) is 18.2 Å². The molecule has 0 atom stereocenters. The molecule has 8 nitrogen and oxygen atoms in total. The van der Waals surface area contributed by atoms with Gasteiger partial charge in [-0.2, -0.15) is 13.2 Å². The van der Waals surface area contributed by atoms with Gasteiger partial charge in [-0.25, -0.2) is 0 Å². The molecule has 0 aliphatic rings. The van der Waals surface area contributed by atoms with Crippen LogP contribution in [0.3, 0.4) is 0 Å². The van der Waals surface area contributed by atoms with Gasteiger partial charge in [-0.15, -0.1) is 0 Å². The summed E-state index contributed by atoms with van der Waals surface area (Å²) in [6, 6.07) is 15.7. The molecule has 0 spiro atoms. The van der Waals surface area contributed by atoms with Crippen LogP contribution in [0.25, 0.3) is 54.2 Å². The first kappa shape index (κ1) is 25.8. The maximum absolute atomic E-state index is 14.8. The van der Waals surface area contributed by atoms with E-state index in [-0.39, 0.29) is 11.1 Å². The van der Waals surface area contributed by atoms with Crippen LogP contribution in [0, 0.1) is 0 Å². The van der Waals surface area contributed by atoms with E-state index in [4.69, 9.17) is 4.74 Å². The number of phenolic OH excluding ortho intramolecular Hbond substituents is 7. The average Bonchev–Trinajstić information content (AvgIpc) is 2.96. The Hall–Kier alpha value is -5.45.